The number of allylic oxidation sites excluding steroid dienone is 2. The number of Topliss-reactive ketones (excluding diaryl/α,β-unsaturated/α-hetero) is 1. The molecular formula is C25H22N2O4S. The van der Waals surface area contributed by atoms with Gasteiger partial charge in [-0.05, 0) is 42.3 Å². The highest BCUT2D eigenvalue weighted by Crippen LogP contribution is 2.29. The standard InChI is InChI=1S/C25H22N2O4S/c1-3-17-12-14-18(15-13-17)32(29,30)27-22-16-23(25(28)20-9-5-4-8-19(20)22)26-21-10-6-7-11-24(21)31-2/h4-16,26H,3H2,1-2H3/b27-22+. The zero-order valence-electron chi connectivity index (χ0n) is 17.7. The number of benzene rings is 3. The highest BCUT2D eigenvalue weighted by molar-refractivity contribution is 7.90. The summed E-state index contributed by atoms with van der Waals surface area (Å²) >= 11 is 0. The first kappa shape index (κ1) is 21.5. The Bertz CT molecular complexity index is 1340. The van der Waals surface area contributed by atoms with Crippen LogP contribution >= 0.6 is 0 Å². The van der Waals surface area contributed by atoms with E-state index in [0.717, 1.165) is 12.0 Å². The molecule has 4 rings (SSSR count). The van der Waals surface area contributed by atoms with Gasteiger partial charge in [-0.2, -0.15) is 12.8 Å². The number of nitrogens with zero attached hydrogens (tertiary/aromatic N) is 1. The number of aryl methyl sites for hydroxylation is 1. The van der Waals surface area contributed by atoms with Crippen LogP contribution in [0.1, 0.15) is 28.4 Å². The number of rotatable bonds is 6. The molecule has 6 nitrogen and oxygen atoms in total. The van der Waals surface area contributed by atoms with Gasteiger partial charge in [-0.1, -0.05) is 55.5 Å². The van der Waals surface area contributed by atoms with Crippen molar-refractivity contribution < 1.29 is 17.9 Å². The molecule has 7 heteroatoms. The monoisotopic (exact) mass is 446 g/mol. The molecule has 0 aromatic heterocycles. The number of carbonyl (C=O) groups excluding carboxylic acids is 1. The Kier molecular flexibility index (Phi) is 5.92. The lowest BCUT2D eigenvalue weighted by Gasteiger charge is -2.19. The molecule has 0 saturated heterocycles. The van der Waals surface area contributed by atoms with E-state index < -0.39 is 10.0 Å². The van der Waals surface area contributed by atoms with Crippen LogP contribution < -0.4 is 10.1 Å². The normalized spacial score (nSPS) is 14.6. The van der Waals surface area contributed by atoms with E-state index in [1.165, 1.54) is 13.2 Å². The van der Waals surface area contributed by atoms with Gasteiger partial charge < -0.3 is 10.1 Å². The van der Waals surface area contributed by atoms with Gasteiger partial charge in [0.25, 0.3) is 10.0 Å². The topological polar surface area (TPSA) is 84.8 Å². The van der Waals surface area contributed by atoms with E-state index in [-0.39, 0.29) is 22.1 Å². The summed E-state index contributed by atoms with van der Waals surface area (Å²) < 4.78 is 35.5. The number of para-hydroxylation sites is 2. The first-order valence-corrected chi connectivity index (χ1v) is 11.6. The minimum Gasteiger partial charge on any atom is -0.495 e. The first-order valence-electron chi connectivity index (χ1n) is 10.1. The smallest absolute Gasteiger partial charge is 0.282 e. The van der Waals surface area contributed by atoms with E-state index in [2.05, 4.69) is 9.71 Å². The largest absolute Gasteiger partial charge is 0.495 e. The van der Waals surface area contributed by atoms with E-state index in [1.807, 2.05) is 19.1 Å². The lowest BCUT2D eigenvalue weighted by atomic mass is 9.92. The molecule has 0 atom stereocenters. The van der Waals surface area contributed by atoms with Crippen LogP contribution in [-0.2, 0) is 16.4 Å². The third kappa shape index (κ3) is 4.20. The lowest BCUT2D eigenvalue weighted by Crippen LogP contribution is -2.22. The quantitative estimate of drug-likeness (QED) is 0.597. The van der Waals surface area contributed by atoms with Crippen LogP contribution in [0, 0.1) is 0 Å². The van der Waals surface area contributed by atoms with Crippen LogP contribution in [0.4, 0.5) is 5.69 Å². The molecule has 0 bridgehead atoms. The summed E-state index contributed by atoms with van der Waals surface area (Å²) in [5, 5.41) is 3.07. The molecule has 162 valence electrons. The van der Waals surface area contributed by atoms with Gasteiger partial charge in [0.05, 0.1) is 29.1 Å². The van der Waals surface area contributed by atoms with Crippen molar-refractivity contribution in [2.45, 2.75) is 18.2 Å². The number of methoxy groups -OCH3 is 1. The fraction of sp³-hybridized carbons (Fsp3) is 0.120. The summed E-state index contributed by atoms with van der Waals surface area (Å²) in [5.74, 6) is 0.303. The Hall–Kier alpha value is -3.71. The Morgan fingerprint density at radius 2 is 1.56 bits per heavy atom. The maximum absolute atomic E-state index is 13.1. The molecule has 0 aliphatic heterocycles. The SMILES string of the molecule is CCc1ccc(S(=O)(=O)/N=C2\C=C(Nc3ccccc3OC)C(=O)c3ccccc32)cc1. The van der Waals surface area contributed by atoms with E-state index >= 15 is 0 Å². The van der Waals surface area contributed by atoms with E-state index in [1.54, 1.807) is 60.7 Å². The number of ether oxygens (including phenoxy) is 1. The van der Waals surface area contributed by atoms with Crippen molar-refractivity contribution in [3.05, 3.63) is 101 Å². The maximum atomic E-state index is 13.1. The molecule has 0 heterocycles. The highest BCUT2D eigenvalue weighted by Gasteiger charge is 2.26. The van der Waals surface area contributed by atoms with Crippen molar-refractivity contribution in [1.82, 2.24) is 0 Å². The molecule has 1 aliphatic carbocycles. The van der Waals surface area contributed by atoms with Crippen molar-refractivity contribution in [1.29, 1.82) is 0 Å². The van der Waals surface area contributed by atoms with Crippen LogP contribution in [0.25, 0.3) is 0 Å². The molecular weight excluding hydrogens is 424 g/mol. The maximum Gasteiger partial charge on any atom is 0.282 e. The summed E-state index contributed by atoms with van der Waals surface area (Å²) in [4.78, 5) is 13.2. The predicted octanol–water partition coefficient (Wildman–Crippen LogP) is 4.63. The Morgan fingerprint density at radius 3 is 2.25 bits per heavy atom. The van der Waals surface area contributed by atoms with Gasteiger partial charge in [-0.25, -0.2) is 0 Å². The number of fused-ring (bicyclic) bond motifs is 1. The number of nitrogens with one attached hydrogen (secondary N) is 1. The second-order valence-corrected chi connectivity index (χ2v) is 8.81. The van der Waals surface area contributed by atoms with E-state index in [0.29, 0.717) is 22.6 Å². The van der Waals surface area contributed by atoms with E-state index in [9.17, 15) is 13.2 Å². The van der Waals surface area contributed by atoms with Crippen LogP contribution in [0.2, 0.25) is 0 Å². The van der Waals surface area contributed by atoms with Gasteiger partial charge in [0.1, 0.15) is 5.75 Å². The van der Waals surface area contributed by atoms with Gasteiger partial charge in [-0.15, -0.1) is 0 Å². The van der Waals surface area contributed by atoms with Crippen molar-refractivity contribution in [2.75, 3.05) is 12.4 Å². The number of ketones is 1. The fourth-order valence-electron chi connectivity index (χ4n) is 3.47. The van der Waals surface area contributed by atoms with E-state index in [4.69, 9.17) is 4.74 Å². The van der Waals surface area contributed by atoms with Gasteiger partial charge in [0.15, 0.2) is 0 Å². The Morgan fingerprint density at radius 1 is 0.906 bits per heavy atom. The number of sulfonamides is 1. The highest BCUT2D eigenvalue weighted by atomic mass is 32.2. The molecule has 32 heavy (non-hydrogen) atoms. The number of carbonyl (C=O) groups is 1. The summed E-state index contributed by atoms with van der Waals surface area (Å²) in [6.45, 7) is 2.00. The molecule has 0 radical (unpaired) electrons. The summed E-state index contributed by atoms with van der Waals surface area (Å²) in [6, 6.07) is 20.7. The number of hydrogen-bond acceptors (Lipinski definition) is 5. The molecule has 1 aliphatic rings. The zero-order chi connectivity index (χ0) is 22.7. The first-order chi connectivity index (χ1) is 15.4. The number of anilines is 1. The molecule has 3 aromatic carbocycles. The molecule has 1 N–H and O–H groups in total. The summed E-state index contributed by atoms with van der Waals surface area (Å²) in [5.41, 5.74) is 2.87. The van der Waals surface area contributed by atoms with Crippen molar-refractivity contribution >= 4 is 27.2 Å². The van der Waals surface area contributed by atoms with Crippen molar-refractivity contribution in [2.24, 2.45) is 4.40 Å². The van der Waals surface area contributed by atoms with Crippen LogP contribution in [0.15, 0.2) is 93.9 Å². The average Bonchev–Trinajstić information content (AvgIpc) is 2.82. The molecule has 0 saturated carbocycles. The predicted molar refractivity (Wildman–Crippen MR) is 125 cm³/mol. The summed E-state index contributed by atoms with van der Waals surface area (Å²) in [7, 11) is -2.44. The van der Waals surface area contributed by atoms with Gasteiger partial charge in [0.2, 0.25) is 5.78 Å². The second kappa shape index (κ2) is 8.80. The molecule has 0 amide bonds. The molecule has 0 fully saturated rings. The number of hydrogen-bond donors (Lipinski definition) is 1. The minimum absolute atomic E-state index is 0.101. The second-order valence-electron chi connectivity index (χ2n) is 7.21. The molecule has 3 aromatic rings. The van der Waals surface area contributed by atoms with Crippen LogP contribution in [0.5, 0.6) is 5.75 Å². The lowest BCUT2D eigenvalue weighted by molar-refractivity contribution is 0.103. The van der Waals surface area contributed by atoms with Crippen molar-refractivity contribution in [3.8, 4) is 5.75 Å². The fourth-order valence-corrected chi connectivity index (χ4v) is 4.47. The Labute approximate surface area is 187 Å². The van der Waals surface area contributed by atoms with Crippen LogP contribution in [0.3, 0.4) is 0 Å². The van der Waals surface area contributed by atoms with Crippen molar-refractivity contribution in [3.63, 3.8) is 0 Å². The van der Waals surface area contributed by atoms with Gasteiger partial charge in [-0.3, -0.25) is 4.79 Å². The third-order valence-corrected chi connectivity index (χ3v) is 6.50. The minimum atomic E-state index is -3.97. The average molecular weight is 447 g/mol. The zero-order valence-corrected chi connectivity index (χ0v) is 18.5. The van der Waals surface area contributed by atoms with Gasteiger partial charge >= 0.3 is 0 Å². The Balaban J connectivity index is 1.80. The third-order valence-electron chi connectivity index (χ3n) is 5.20. The summed E-state index contributed by atoms with van der Waals surface area (Å²) in [6.07, 6.45) is 2.28. The van der Waals surface area contributed by atoms with Crippen LogP contribution in [-0.4, -0.2) is 27.0 Å². The molecule has 0 unspecified atom stereocenters. The van der Waals surface area contributed by atoms with Gasteiger partial charge in [0, 0.05) is 11.1 Å². The molecule has 0 spiro atoms.